The summed E-state index contributed by atoms with van der Waals surface area (Å²) in [6.45, 7) is 0.155. The molecule has 1 aromatic carbocycles. The van der Waals surface area contributed by atoms with Gasteiger partial charge in [-0.05, 0) is 39.7 Å². The fourth-order valence-electron chi connectivity index (χ4n) is 2.11. The van der Waals surface area contributed by atoms with Crippen molar-refractivity contribution in [2.24, 2.45) is 5.73 Å². The van der Waals surface area contributed by atoms with E-state index in [4.69, 9.17) is 15.9 Å². The van der Waals surface area contributed by atoms with Crippen molar-refractivity contribution >= 4 is 27.5 Å². The summed E-state index contributed by atoms with van der Waals surface area (Å²) in [6, 6.07) is 6.85. The molecule has 122 valence electrons. The monoisotopic (exact) mass is 380 g/mol. The maximum absolute atomic E-state index is 11.7. The molecule has 0 fully saturated rings. The summed E-state index contributed by atoms with van der Waals surface area (Å²) in [5, 5.41) is 20.7. The highest BCUT2D eigenvalue weighted by atomic mass is 79.9. The average molecular weight is 381 g/mol. The fourth-order valence-corrected chi connectivity index (χ4v) is 2.67. The minimum Gasteiger partial charge on any atom is -0.496 e. The largest absolute Gasteiger partial charge is 0.496 e. The molecule has 0 aliphatic heterocycles. The van der Waals surface area contributed by atoms with Crippen LogP contribution in [-0.2, 0) is 0 Å². The molecule has 6 N–H and O–H groups in total. The Balaban J connectivity index is 2.15. The maximum Gasteiger partial charge on any atom is 0.261 e. The number of nitrogens with two attached hydrogens (primary N) is 1. The van der Waals surface area contributed by atoms with E-state index in [1.165, 1.54) is 6.20 Å². The van der Waals surface area contributed by atoms with Crippen LogP contribution in [0.3, 0.4) is 0 Å². The number of pyridine rings is 1. The first-order chi connectivity index (χ1) is 10.9. The number of aliphatic hydroxyl groups is 1. The van der Waals surface area contributed by atoms with Crippen LogP contribution < -0.4 is 21.3 Å². The number of nitrogen functional groups attached to an aromatic ring is 1. The van der Waals surface area contributed by atoms with Gasteiger partial charge < -0.3 is 25.9 Å². The van der Waals surface area contributed by atoms with Crippen LogP contribution in [0.4, 0.5) is 5.69 Å². The first-order valence-corrected chi connectivity index (χ1v) is 7.54. The zero-order valence-electron chi connectivity index (χ0n) is 12.4. The zero-order chi connectivity index (χ0) is 17.0. The van der Waals surface area contributed by atoms with E-state index in [0.717, 1.165) is 4.47 Å². The number of aromatic amines is 1. The fraction of sp³-hybridized carbons (Fsp3) is 0.200. The van der Waals surface area contributed by atoms with Crippen molar-refractivity contribution in [3.63, 3.8) is 0 Å². The topological polar surface area (TPSA) is 124 Å². The smallest absolute Gasteiger partial charge is 0.261 e. The third-order valence-electron chi connectivity index (χ3n) is 3.28. The molecule has 0 saturated carbocycles. The van der Waals surface area contributed by atoms with Gasteiger partial charge in [-0.3, -0.25) is 10.2 Å². The lowest BCUT2D eigenvalue weighted by molar-refractivity contribution is 0.191. The van der Waals surface area contributed by atoms with Crippen LogP contribution in [0, 0.1) is 5.41 Å². The molecular weight excluding hydrogens is 364 g/mol. The predicted octanol–water partition coefficient (Wildman–Crippen LogP) is 1.58. The summed E-state index contributed by atoms with van der Waals surface area (Å²) in [5.41, 5.74) is 6.10. The van der Waals surface area contributed by atoms with Gasteiger partial charge in [0.05, 0.1) is 23.4 Å². The van der Waals surface area contributed by atoms with E-state index >= 15 is 0 Å². The van der Waals surface area contributed by atoms with Gasteiger partial charge in [0.25, 0.3) is 5.56 Å². The molecule has 0 aliphatic rings. The molecule has 0 aliphatic carbocycles. The SMILES string of the molecule is COc1ccc(C(O)CNc2cc[nH]c(=O)c2C(=N)N)cc1Br. The molecule has 7 nitrogen and oxygen atoms in total. The number of rotatable bonds is 6. The van der Waals surface area contributed by atoms with Crippen LogP contribution in [0.1, 0.15) is 17.2 Å². The Labute approximate surface area is 141 Å². The van der Waals surface area contributed by atoms with E-state index in [1.54, 1.807) is 31.4 Å². The zero-order valence-corrected chi connectivity index (χ0v) is 14.0. The Bertz CT molecular complexity index is 776. The number of H-pyrrole nitrogens is 1. The second-order valence-corrected chi connectivity index (χ2v) is 5.65. The third kappa shape index (κ3) is 3.91. The standard InChI is InChI=1S/C15H17BrN4O3/c1-23-12-3-2-8(6-9(12)16)11(21)7-20-10-4-5-19-15(22)13(10)14(17)18/h2-6,11,21H,7H2,1H3,(H3,17,18)(H2,19,20,22). The lowest BCUT2D eigenvalue weighted by atomic mass is 10.1. The molecule has 1 atom stereocenters. The highest BCUT2D eigenvalue weighted by molar-refractivity contribution is 9.10. The summed E-state index contributed by atoms with van der Waals surface area (Å²) in [5.74, 6) is 0.332. The molecule has 2 aromatic rings. The average Bonchev–Trinajstić information content (AvgIpc) is 2.52. The van der Waals surface area contributed by atoms with Gasteiger partial charge in [-0.15, -0.1) is 0 Å². The number of nitrogens with one attached hydrogen (secondary N) is 3. The Morgan fingerprint density at radius 3 is 2.87 bits per heavy atom. The van der Waals surface area contributed by atoms with Crippen molar-refractivity contribution in [1.82, 2.24) is 4.98 Å². The number of ether oxygens (including phenoxy) is 1. The maximum atomic E-state index is 11.7. The van der Waals surface area contributed by atoms with Crippen molar-refractivity contribution in [2.75, 3.05) is 19.0 Å². The van der Waals surface area contributed by atoms with Gasteiger partial charge >= 0.3 is 0 Å². The summed E-state index contributed by atoms with van der Waals surface area (Å²) < 4.78 is 5.88. The van der Waals surface area contributed by atoms with E-state index in [9.17, 15) is 9.90 Å². The first kappa shape index (κ1) is 17.0. The Hall–Kier alpha value is -2.32. The molecule has 0 spiro atoms. The Morgan fingerprint density at radius 1 is 1.52 bits per heavy atom. The van der Waals surface area contributed by atoms with Crippen molar-refractivity contribution < 1.29 is 9.84 Å². The van der Waals surface area contributed by atoms with Gasteiger partial charge in [0, 0.05) is 12.7 Å². The number of benzene rings is 1. The number of hydrogen-bond acceptors (Lipinski definition) is 5. The summed E-state index contributed by atoms with van der Waals surface area (Å²) in [7, 11) is 1.56. The van der Waals surface area contributed by atoms with E-state index in [1.807, 2.05) is 0 Å². The number of hydrogen-bond donors (Lipinski definition) is 5. The molecule has 1 heterocycles. The Morgan fingerprint density at radius 2 is 2.26 bits per heavy atom. The van der Waals surface area contributed by atoms with Crippen LogP contribution in [0.25, 0.3) is 0 Å². The van der Waals surface area contributed by atoms with Crippen LogP contribution in [0.2, 0.25) is 0 Å². The quantitative estimate of drug-likeness (QED) is 0.384. The number of methoxy groups -OCH3 is 1. The van der Waals surface area contributed by atoms with Crippen molar-refractivity contribution in [1.29, 1.82) is 5.41 Å². The molecule has 23 heavy (non-hydrogen) atoms. The molecule has 0 saturated heterocycles. The molecule has 1 aromatic heterocycles. The van der Waals surface area contributed by atoms with Crippen molar-refractivity contribution in [2.45, 2.75) is 6.10 Å². The molecule has 0 amide bonds. The molecule has 1 unspecified atom stereocenters. The summed E-state index contributed by atoms with van der Waals surface area (Å²) in [6.07, 6.45) is 0.643. The normalized spacial score (nSPS) is 11.8. The number of aromatic nitrogens is 1. The van der Waals surface area contributed by atoms with Gasteiger partial charge in [-0.2, -0.15) is 0 Å². The van der Waals surface area contributed by atoms with Crippen molar-refractivity contribution in [3.8, 4) is 5.75 Å². The van der Waals surface area contributed by atoms with E-state index < -0.39 is 11.7 Å². The van der Waals surface area contributed by atoms with E-state index in [-0.39, 0.29) is 17.9 Å². The van der Waals surface area contributed by atoms with Gasteiger partial charge in [0.15, 0.2) is 0 Å². The highest BCUT2D eigenvalue weighted by Crippen LogP contribution is 2.28. The minimum atomic E-state index is -0.809. The van der Waals surface area contributed by atoms with E-state index in [0.29, 0.717) is 17.0 Å². The second kappa shape index (κ2) is 7.30. The van der Waals surface area contributed by atoms with Crippen LogP contribution >= 0.6 is 15.9 Å². The van der Waals surface area contributed by atoms with Gasteiger partial charge in [0.1, 0.15) is 17.1 Å². The second-order valence-electron chi connectivity index (χ2n) is 4.80. The van der Waals surface area contributed by atoms with Crippen LogP contribution in [0.15, 0.2) is 39.7 Å². The van der Waals surface area contributed by atoms with E-state index in [2.05, 4.69) is 26.2 Å². The molecule has 0 bridgehead atoms. The number of anilines is 1. The van der Waals surface area contributed by atoms with Crippen LogP contribution in [-0.4, -0.2) is 29.6 Å². The van der Waals surface area contributed by atoms with Crippen molar-refractivity contribution in [3.05, 3.63) is 56.4 Å². The number of halogens is 1. The lowest BCUT2D eigenvalue weighted by Crippen LogP contribution is -2.26. The highest BCUT2D eigenvalue weighted by Gasteiger charge is 2.13. The van der Waals surface area contributed by atoms with Gasteiger partial charge in [-0.25, -0.2) is 0 Å². The predicted molar refractivity (Wildman–Crippen MR) is 92.2 cm³/mol. The van der Waals surface area contributed by atoms with Gasteiger partial charge in [-0.1, -0.05) is 6.07 Å². The Kier molecular flexibility index (Phi) is 5.41. The summed E-state index contributed by atoms with van der Waals surface area (Å²) in [4.78, 5) is 14.2. The molecular formula is C15H17BrN4O3. The lowest BCUT2D eigenvalue weighted by Gasteiger charge is -2.16. The molecule has 8 heteroatoms. The van der Waals surface area contributed by atoms with Crippen LogP contribution in [0.5, 0.6) is 5.75 Å². The minimum absolute atomic E-state index is 0.0515. The summed E-state index contributed by atoms with van der Waals surface area (Å²) >= 11 is 3.37. The molecule has 0 radical (unpaired) electrons. The number of aliphatic hydroxyl groups excluding tert-OH is 1. The van der Waals surface area contributed by atoms with Gasteiger partial charge in [0.2, 0.25) is 0 Å². The third-order valence-corrected chi connectivity index (χ3v) is 3.90. The molecule has 2 rings (SSSR count). The first-order valence-electron chi connectivity index (χ1n) is 6.75. The number of amidine groups is 1.